The van der Waals surface area contributed by atoms with Gasteiger partial charge in [0.05, 0.1) is 6.10 Å². The Morgan fingerprint density at radius 3 is 2.52 bits per heavy atom. The second kappa shape index (κ2) is 7.20. The van der Waals surface area contributed by atoms with Crippen molar-refractivity contribution in [3.8, 4) is 0 Å². The molecule has 0 saturated carbocycles. The smallest absolute Gasteiger partial charge is 0.248 e. The van der Waals surface area contributed by atoms with E-state index in [0.29, 0.717) is 11.3 Å². The lowest BCUT2D eigenvalue weighted by atomic mass is 10.1. The monoisotopic (exact) mass is 345 g/mol. The van der Waals surface area contributed by atoms with Gasteiger partial charge in [0, 0.05) is 21.8 Å². The summed E-state index contributed by atoms with van der Waals surface area (Å²) < 4.78 is 0.995. The van der Waals surface area contributed by atoms with Crippen LogP contribution in [0.15, 0.2) is 59.1 Å². The molecule has 0 aliphatic carbocycles. The van der Waals surface area contributed by atoms with E-state index in [1.807, 2.05) is 36.4 Å². The molecule has 1 amide bonds. The van der Waals surface area contributed by atoms with Crippen molar-refractivity contribution in [2.75, 3.05) is 5.32 Å². The molecule has 21 heavy (non-hydrogen) atoms. The first-order valence-corrected chi connectivity index (χ1v) is 7.37. The minimum Gasteiger partial charge on any atom is -0.389 e. The van der Waals surface area contributed by atoms with Gasteiger partial charge in [-0.05, 0) is 36.8 Å². The molecular weight excluding hydrogens is 330 g/mol. The molecule has 0 aromatic heterocycles. The molecule has 108 valence electrons. The zero-order valence-electron chi connectivity index (χ0n) is 11.6. The number of para-hydroxylation sites is 1. The molecule has 0 aliphatic heterocycles. The molecule has 3 nitrogen and oxygen atoms in total. The van der Waals surface area contributed by atoms with Crippen molar-refractivity contribution in [3.05, 3.63) is 70.2 Å². The average Bonchev–Trinajstić information content (AvgIpc) is 2.47. The minimum absolute atomic E-state index is 0.231. The topological polar surface area (TPSA) is 49.3 Å². The van der Waals surface area contributed by atoms with E-state index >= 15 is 0 Å². The summed E-state index contributed by atoms with van der Waals surface area (Å²) in [6.45, 7) is 1.67. The van der Waals surface area contributed by atoms with Crippen molar-refractivity contribution in [2.45, 2.75) is 13.0 Å². The van der Waals surface area contributed by atoms with Gasteiger partial charge in [-0.2, -0.15) is 0 Å². The van der Waals surface area contributed by atoms with Gasteiger partial charge in [0.1, 0.15) is 0 Å². The molecule has 2 N–H and O–H groups in total. The predicted molar refractivity (Wildman–Crippen MR) is 88.9 cm³/mol. The third-order valence-corrected chi connectivity index (χ3v) is 3.49. The maximum Gasteiger partial charge on any atom is 0.248 e. The molecule has 0 radical (unpaired) electrons. The summed E-state index contributed by atoms with van der Waals surface area (Å²) in [7, 11) is 0. The van der Waals surface area contributed by atoms with Crippen molar-refractivity contribution in [3.63, 3.8) is 0 Å². The van der Waals surface area contributed by atoms with E-state index in [9.17, 15) is 9.90 Å². The van der Waals surface area contributed by atoms with Crippen LogP contribution in [0.1, 0.15) is 24.2 Å². The van der Waals surface area contributed by atoms with Crippen molar-refractivity contribution < 1.29 is 9.90 Å². The number of carbonyl (C=O) groups excluding carboxylic acids is 1. The van der Waals surface area contributed by atoms with Gasteiger partial charge in [-0.3, -0.25) is 4.79 Å². The highest BCUT2D eigenvalue weighted by Crippen LogP contribution is 2.22. The third-order valence-electron chi connectivity index (χ3n) is 2.97. The molecular formula is C17H16BrNO2. The van der Waals surface area contributed by atoms with Gasteiger partial charge in [0.25, 0.3) is 0 Å². The number of aliphatic hydroxyl groups excluding tert-OH is 1. The highest BCUT2D eigenvalue weighted by Gasteiger charge is 2.08. The molecule has 4 heteroatoms. The third kappa shape index (κ3) is 4.55. The molecule has 0 bridgehead atoms. The lowest BCUT2D eigenvalue weighted by Gasteiger charge is -2.11. The molecule has 0 heterocycles. The lowest BCUT2D eigenvalue weighted by molar-refractivity contribution is -0.111. The molecule has 0 saturated heterocycles. The Balaban J connectivity index is 2.07. The van der Waals surface area contributed by atoms with E-state index in [1.54, 1.807) is 25.1 Å². The second-order valence-corrected chi connectivity index (χ2v) is 5.55. The summed E-state index contributed by atoms with van der Waals surface area (Å²) in [6, 6.07) is 14.9. The Morgan fingerprint density at radius 1 is 1.19 bits per heavy atom. The number of benzene rings is 2. The van der Waals surface area contributed by atoms with Gasteiger partial charge in [0.2, 0.25) is 5.91 Å². The summed E-state index contributed by atoms with van der Waals surface area (Å²) in [5.74, 6) is -0.231. The Bertz CT molecular complexity index is 648. The van der Waals surface area contributed by atoms with Crippen molar-refractivity contribution in [2.24, 2.45) is 0 Å². The molecule has 1 atom stereocenters. The molecule has 0 aliphatic rings. The Hall–Kier alpha value is -1.91. The predicted octanol–water partition coefficient (Wildman–Crippen LogP) is 4.15. The van der Waals surface area contributed by atoms with Crippen LogP contribution in [0.2, 0.25) is 0 Å². The highest BCUT2D eigenvalue weighted by atomic mass is 79.9. The van der Waals surface area contributed by atoms with Gasteiger partial charge < -0.3 is 10.4 Å². The van der Waals surface area contributed by atoms with E-state index in [0.717, 1.165) is 10.0 Å². The van der Waals surface area contributed by atoms with Crippen LogP contribution in [0.3, 0.4) is 0 Å². The lowest BCUT2D eigenvalue weighted by Crippen LogP contribution is -2.10. The van der Waals surface area contributed by atoms with E-state index in [4.69, 9.17) is 0 Å². The maximum absolute atomic E-state index is 11.9. The summed E-state index contributed by atoms with van der Waals surface area (Å²) >= 11 is 3.36. The first-order chi connectivity index (χ1) is 10.1. The fraction of sp³-hybridized carbons (Fsp3) is 0.118. The fourth-order valence-electron chi connectivity index (χ4n) is 1.90. The zero-order valence-corrected chi connectivity index (χ0v) is 13.2. The van der Waals surface area contributed by atoms with Crippen LogP contribution in [0, 0.1) is 0 Å². The SMILES string of the molecule is CC(O)c1ccccc1NC(=O)C=Cc1ccc(Br)cc1. The largest absolute Gasteiger partial charge is 0.389 e. The zero-order chi connectivity index (χ0) is 15.2. The van der Waals surface area contributed by atoms with Crippen LogP contribution in [0.4, 0.5) is 5.69 Å². The summed E-state index contributed by atoms with van der Waals surface area (Å²) in [6.07, 6.45) is 2.59. The van der Waals surface area contributed by atoms with Crippen LogP contribution < -0.4 is 5.32 Å². The number of carbonyl (C=O) groups is 1. The highest BCUT2D eigenvalue weighted by molar-refractivity contribution is 9.10. The van der Waals surface area contributed by atoms with Gasteiger partial charge in [-0.25, -0.2) is 0 Å². The quantitative estimate of drug-likeness (QED) is 0.817. The van der Waals surface area contributed by atoms with Gasteiger partial charge in [0.15, 0.2) is 0 Å². The number of hydrogen-bond donors (Lipinski definition) is 2. The number of halogens is 1. The fourth-order valence-corrected chi connectivity index (χ4v) is 2.16. The molecule has 2 rings (SSSR count). The number of rotatable bonds is 4. The van der Waals surface area contributed by atoms with Crippen molar-refractivity contribution in [1.29, 1.82) is 0 Å². The van der Waals surface area contributed by atoms with Crippen LogP contribution in [-0.4, -0.2) is 11.0 Å². The minimum atomic E-state index is -0.628. The first kappa shape index (κ1) is 15.5. The van der Waals surface area contributed by atoms with E-state index in [-0.39, 0.29) is 5.91 Å². The van der Waals surface area contributed by atoms with Crippen LogP contribution >= 0.6 is 15.9 Å². The molecule has 2 aromatic rings. The Labute approximate surface area is 132 Å². The van der Waals surface area contributed by atoms with Crippen LogP contribution in [-0.2, 0) is 4.79 Å². The Morgan fingerprint density at radius 2 is 1.86 bits per heavy atom. The van der Waals surface area contributed by atoms with Gasteiger partial charge in [-0.1, -0.05) is 46.3 Å². The molecule has 2 aromatic carbocycles. The standard InChI is InChI=1S/C17H16BrNO2/c1-12(20)15-4-2-3-5-16(15)19-17(21)11-8-13-6-9-14(18)10-7-13/h2-12,20H,1H3,(H,19,21). The average molecular weight is 346 g/mol. The maximum atomic E-state index is 11.9. The van der Waals surface area contributed by atoms with Gasteiger partial charge in [-0.15, -0.1) is 0 Å². The van der Waals surface area contributed by atoms with E-state index < -0.39 is 6.10 Å². The van der Waals surface area contributed by atoms with Gasteiger partial charge >= 0.3 is 0 Å². The Kier molecular flexibility index (Phi) is 5.31. The number of amides is 1. The number of nitrogens with one attached hydrogen (secondary N) is 1. The van der Waals surface area contributed by atoms with Crippen LogP contribution in [0.25, 0.3) is 6.08 Å². The summed E-state index contributed by atoms with van der Waals surface area (Å²) in [5.41, 5.74) is 2.26. The van der Waals surface area contributed by atoms with E-state index in [2.05, 4.69) is 21.2 Å². The normalized spacial score (nSPS) is 12.3. The van der Waals surface area contributed by atoms with Crippen molar-refractivity contribution >= 4 is 33.6 Å². The summed E-state index contributed by atoms with van der Waals surface area (Å²) in [4.78, 5) is 11.9. The summed E-state index contributed by atoms with van der Waals surface area (Å²) in [5, 5.41) is 12.5. The number of aliphatic hydroxyl groups is 1. The number of hydrogen-bond acceptors (Lipinski definition) is 2. The first-order valence-electron chi connectivity index (χ1n) is 6.58. The number of anilines is 1. The molecule has 0 fully saturated rings. The van der Waals surface area contributed by atoms with E-state index in [1.165, 1.54) is 6.08 Å². The second-order valence-electron chi connectivity index (χ2n) is 4.64. The van der Waals surface area contributed by atoms with Crippen LogP contribution in [0.5, 0.6) is 0 Å². The van der Waals surface area contributed by atoms with Crippen molar-refractivity contribution in [1.82, 2.24) is 0 Å². The molecule has 0 spiro atoms. The molecule has 1 unspecified atom stereocenters.